The summed E-state index contributed by atoms with van der Waals surface area (Å²) in [5, 5.41) is 12.2. The molecule has 1 unspecified atom stereocenters. The molecule has 0 aromatic heterocycles. The van der Waals surface area contributed by atoms with Gasteiger partial charge >= 0.3 is 0 Å². The third kappa shape index (κ3) is 2.92. The monoisotopic (exact) mass is 251 g/mol. The van der Waals surface area contributed by atoms with Crippen LogP contribution in [0.4, 0.5) is 0 Å². The van der Waals surface area contributed by atoms with E-state index in [2.05, 4.69) is 5.32 Å². The highest BCUT2D eigenvalue weighted by atomic mass is 16.7. The molecule has 18 heavy (non-hydrogen) atoms. The van der Waals surface area contributed by atoms with Gasteiger partial charge < -0.3 is 19.9 Å². The lowest BCUT2D eigenvalue weighted by Crippen LogP contribution is -2.31. The van der Waals surface area contributed by atoms with E-state index in [1.807, 2.05) is 6.92 Å². The maximum absolute atomic E-state index is 11.8. The van der Waals surface area contributed by atoms with Crippen LogP contribution in [0.2, 0.25) is 0 Å². The molecule has 0 bridgehead atoms. The van der Waals surface area contributed by atoms with Crippen molar-refractivity contribution in [3.05, 3.63) is 23.8 Å². The molecule has 0 fully saturated rings. The maximum Gasteiger partial charge on any atom is 0.251 e. The van der Waals surface area contributed by atoms with E-state index in [1.165, 1.54) is 0 Å². The summed E-state index contributed by atoms with van der Waals surface area (Å²) < 4.78 is 10.4. The predicted molar refractivity (Wildman–Crippen MR) is 65.8 cm³/mol. The van der Waals surface area contributed by atoms with E-state index < -0.39 is 6.10 Å². The van der Waals surface area contributed by atoms with E-state index in [0.717, 1.165) is 6.42 Å². The van der Waals surface area contributed by atoms with E-state index in [0.29, 0.717) is 23.5 Å². The van der Waals surface area contributed by atoms with Crippen molar-refractivity contribution in [2.24, 2.45) is 0 Å². The minimum atomic E-state index is -0.493. The van der Waals surface area contributed by atoms with Crippen LogP contribution < -0.4 is 14.8 Å². The van der Waals surface area contributed by atoms with Crippen LogP contribution in [0.15, 0.2) is 18.2 Å². The van der Waals surface area contributed by atoms with Crippen LogP contribution in [0.5, 0.6) is 11.5 Å². The average molecular weight is 251 g/mol. The van der Waals surface area contributed by atoms with E-state index in [9.17, 15) is 9.90 Å². The van der Waals surface area contributed by atoms with Gasteiger partial charge in [-0.3, -0.25) is 4.79 Å². The predicted octanol–water partition coefficient (Wildman–Crippen LogP) is 1.31. The number of amides is 1. The van der Waals surface area contributed by atoms with Gasteiger partial charge in [-0.25, -0.2) is 0 Å². The summed E-state index contributed by atoms with van der Waals surface area (Å²) in [7, 11) is 0. The molecule has 0 saturated heterocycles. The van der Waals surface area contributed by atoms with Crippen molar-refractivity contribution in [1.82, 2.24) is 5.32 Å². The molecule has 0 radical (unpaired) electrons. The van der Waals surface area contributed by atoms with Crippen molar-refractivity contribution in [2.45, 2.75) is 25.9 Å². The zero-order valence-corrected chi connectivity index (χ0v) is 10.3. The second-order valence-electron chi connectivity index (χ2n) is 4.22. The number of aliphatic hydroxyl groups is 1. The van der Waals surface area contributed by atoms with Crippen molar-refractivity contribution < 1.29 is 19.4 Å². The van der Waals surface area contributed by atoms with Crippen molar-refractivity contribution in [2.75, 3.05) is 13.3 Å². The highest BCUT2D eigenvalue weighted by Gasteiger charge is 2.16. The molecule has 1 aromatic carbocycles. The van der Waals surface area contributed by atoms with Crippen LogP contribution in [0.25, 0.3) is 0 Å². The minimum absolute atomic E-state index is 0.190. The maximum atomic E-state index is 11.8. The fourth-order valence-electron chi connectivity index (χ4n) is 1.79. The molecule has 1 aromatic rings. The molecule has 5 heteroatoms. The summed E-state index contributed by atoms with van der Waals surface area (Å²) in [5.74, 6) is 1.01. The van der Waals surface area contributed by atoms with Gasteiger partial charge in [-0.2, -0.15) is 0 Å². The van der Waals surface area contributed by atoms with Crippen LogP contribution in [-0.2, 0) is 0 Å². The van der Waals surface area contributed by atoms with Crippen LogP contribution in [0.3, 0.4) is 0 Å². The van der Waals surface area contributed by atoms with Gasteiger partial charge in [0.1, 0.15) is 0 Å². The van der Waals surface area contributed by atoms with Crippen LogP contribution in [-0.4, -0.2) is 30.5 Å². The Kier molecular flexibility index (Phi) is 4.04. The quantitative estimate of drug-likeness (QED) is 0.828. The van der Waals surface area contributed by atoms with E-state index in [1.54, 1.807) is 18.2 Å². The number of fused-ring (bicyclic) bond motifs is 1. The summed E-state index contributed by atoms with van der Waals surface area (Å²) in [6.45, 7) is 2.44. The first kappa shape index (κ1) is 12.7. The number of hydrogen-bond acceptors (Lipinski definition) is 4. The summed E-state index contributed by atoms with van der Waals surface area (Å²) in [6, 6.07) is 5.03. The zero-order chi connectivity index (χ0) is 13.0. The lowest BCUT2D eigenvalue weighted by atomic mass is 10.1. The Labute approximate surface area is 106 Å². The number of hydrogen-bond donors (Lipinski definition) is 2. The number of ether oxygens (including phenoxy) is 2. The smallest absolute Gasteiger partial charge is 0.251 e. The Balaban J connectivity index is 1.93. The number of aliphatic hydroxyl groups excluding tert-OH is 1. The van der Waals surface area contributed by atoms with Crippen molar-refractivity contribution in [1.29, 1.82) is 0 Å². The Morgan fingerprint density at radius 3 is 3.00 bits per heavy atom. The molecule has 1 atom stereocenters. The van der Waals surface area contributed by atoms with Gasteiger partial charge in [-0.15, -0.1) is 0 Å². The second kappa shape index (κ2) is 5.73. The number of carbonyl (C=O) groups excluding carboxylic acids is 1. The highest BCUT2D eigenvalue weighted by molar-refractivity contribution is 5.94. The molecular formula is C13H17NO4. The van der Waals surface area contributed by atoms with Crippen molar-refractivity contribution in [3.63, 3.8) is 0 Å². The van der Waals surface area contributed by atoms with Gasteiger partial charge in [0.05, 0.1) is 6.10 Å². The third-order valence-corrected chi connectivity index (χ3v) is 2.75. The molecule has 5 nitrogen and oxygen atoms in total. The standard InChI is InChI=1S/C13H17NO4/c1-2-3-10(15)7-14-13(16)9-4-5-11-12(6-9)18-8-17-11/h4-6,10,15H,2-3,7-8H2,1H3,(H,14,16). The zero-order valence-electron chi connectivity index (χ0n) is 10.3. The van der Waals surface area contributed by atoms with E-state index in [4.69, 9.17) is 9.47 Å². The van der Waals surface area contributed by atoms with Crippen molar-refractivity contribution >= 4 is 5.91 Å². The van der Waals surface area contributed by atoms with Crippen LogP contribution in [0.1, 0.15) is 30.1 Å². The molecule has 98 valence electrons. The van der Waals surface area contributed by atoms with Gasteiger partial charge in [-0.1, -0.05) is 13.3 Å². The largest absolute Gasteiger partial charge is 0.454 e. The molecule has 2 rings (SSSR count). The van der Waals surface area contributed by atoms with Crippen LogP contribution >= 0.6 is 0 Å². The normalized spacial score (nSPS) is 14.3. The lowest BCUT2D eigenvalue weighted by molar-refractivity contribution is 0.0909. The van der Waals surface area contributed by atoms with Gasteiger partial charge in [0, 0.05) is 12.1 Å². The number of rotatable bonds is 5. The Morgan fingerprint density at radius 1 is 1.44 bits per heavy atom. The first-order valence-electron chi connectivity index (χ1n) is 6.06. The molecular weight excluding hydrogens is 234 g/mol. The van der Waals surface area contributed by atoms with Crippen molar-refractivity contribution in [3.8, 4) is 11.5 Å². The fraction of sp³-hybridized carbons (Fsp3) is 0.462. The summed E-state index contributed by atoms with van der Waals surface area (Å²) >= 11 is 0. The Hall–Kier alpha value is -1.75. The summed E-state index contributed by atoms with van der Waals surface area (Å²) in [4.78, 5) is 11.8. The van der Waals surface area contributed by atoms with E-state index >= 15 is 0 Å². The van der Waals surface area contributed by atoms with Gasteiger partial charge in [0.2, 0.25) is 6.79 Å². The van der Waals surface area contributed by atoms with Crippen LogP contribution in [0, 0.1) is 0 Å². The number of benzene rings is 1. The molecule has 2 N–H and O–H groups in total. The first-order valence-corrected chi connectivity index (χ1v) is 6.06. The Morgan fingerprint density at radius 2 is 2.22 bits per heavy atom. The summed E-state index contributed by atoms with van der Waals surface area (Å²) in [5.41, 5.74) is 0.503. The molecule has 1 aliphatic rings. The number of carbonyl (C=O) groups is 1. The van der Waals surface area contributed by atoms with Gasteiger partial charge in [0.25, 0.3) is 5.91 Å². The molecule has 1 heterocycles. The molecule has 1 amide bonds. The van der Waals surface area contributed by atoms with Gasteiger partial charge in [0.15, 0.2) is 11.5 Å². The topological polar surface area (TPSA) is 67.8 Å². The number of nitrogens with one attached hydrogen (secondary N) is 1. The lowest BCUT2D eigenvalue weighted by Gasteiger charge is -2.10. The summed E-state index contributed by atoms with van der Waals surface area (Å²) in [6.07, 6.45) is 1.08. The average Bonchev–Trinajstić information content (AvgIpc) is 2.83. The SMILES string of the molecule is CCCC(O)CNC(=O)c1ccc2c(c1)OCO2. The molecule has 0 spiro atoms. The molecule has 0 aliphatic carbocycles. The first-order chi connectivity index (χ1) is 8.70. The third-order valence-electron chi connectivity index (χ3n) is 2.75. The molecule has 0 saturated carbocycles. The second-order valence-corrected chi connectivity index (χ2v) is 4.22. The minimum Gasteiger partial charge on any atom is -0.454 e. The van der Waals surface area contributed by atoms with Gasteiger partial charge in [-0.05, 0) is 24.6 Å². The van der Waals surface area contributed by atoms with E-state index in [-0.39, 0.29) is 19.2 Å². The fourth-order valence-corrected chi connectivity index (χ4v) is 1.79. The highest BCUT2D eigenvalue weighted by Crippen LogP contribution is 2.32. The molecule has 1 aliphatic heterocycles. The Bertz CT molecular complexity index is 433.